The number of halogens is 3. The topological polar surface area (TPSA) is 61.8 Å². The fourth-order valence-corrected chi connectivity index (χ4v) is 5.16. The van der Waals surface area contributed by atoms with Gasteiger partial charge in [-0.15, -0.1) is 0 Å². The van der Waals surface area contributed by atoms with Crippen LogP contribution in [0.4, 0.5) is 13.2 Å². The summed E-state index contributed by atoms with van der Waals surface area (Å²) in [4.78, 5) is 24.7. The minimum atomic E-state index is -4.61. The van der Waals surface area contributed by atoms with Crippen LogP contribution in [0, 0.1) is 0 Å². The average molecular weight is 667 g/mol. The van der Waals surface area contributed by atoms with Crippen molar-refractivity contribution in [3.05, 3.63) is 90.0 Å². The van der Waals surface area contributed by atoms with Gasteiger partial charge in [-0.25, -0.2) is 9.59 Å². The second-order valence-corrected chi connectivity index (χ2v) is 12.0. The first-order chi connectivity index (χ1) is 23.2. The van der Waals surface area contributed by atoms with Gasteiger partial charge in [0.1, 0.15) is 11.5 Å². The van der Waals surface area contributed by atoms with Crippen LogP contribution in [0.5, 0.6) is 11.5 Å². The molecule has 0 amide bonds. The number of esters is 2. The minimum absolute atomic E-state index is 0.273. The van der Waals surface area contributed by atoms with E-state index in [1.807, 2.05) is 36.4 Å². The molecule has 0 N–H and O–H groups in total. The maximum absolute atomic E-state index is 13.1. The Morgan fingerprint density at radius 2 is 1.19 bits per heavy atom. The monoisotopic (exact) mass is 666 g/mol. The zero-order valence-electron chi connectivity index (χ0n) is 28.2. The van der Waals surface area contributed by atoms with Crippen molar-refractivity contribution in [3.63, 3.8) is 0 Å². The second kappa shape index (κ2) is 21.0. The Bertz CT molecular complexity index is 1380. The summed E-state index contributed by atoms with van der Waals surface area (Å²) in [7, 11) is 0. The van der Waals surface area contributed by atoms with Crippen molar-refractivity contribution in [2.24, 2.45) is 0 Å². The first-order valence-electron chi connectivity index (χ1n) is 17.3. The van der Waals surface area contributed by atoms with Gasteiger partial charge in [-0.2, -0.15) is 13.2 Å². The lowest BCUT2D eigenvalue weighted by Gasteiger charge is -2.19. The van der Waals surface area contributed by atoms with E-state index in [0.717, 1.165) is 29.4 Å². The Hall–Kier alpha value is -4.07. The third kappa shape index (κ3) is 14.4. The molecule has 0 aliphatic heterocycles. The highest BCUT2D eigenvalue weighted by Gasteiger charge is 2.41. The van der Waals surface area contributed by atoms with Crippen molar-refractivity contribution in [3.8, 4) is 22.6 Å². The number of hydrogen-bond donors (Lipinski definition) is 0. The minimum Gasteiger partial charge on any atom is -0.494 e. The lowest BCUT2D eigenvalue weighted by molar-refractivity contribution is -0.220. The van der Waals surface area contributed by atoms with Crippen LogP contribution in [-0.4, -0.2) is 30.8 Å². The molecule has 1 atom stereocenters. The Balaban J connectivity index is 1.40. The van der Waals surface area contributed by atoms with Crippen molar-refractivity contribution in [2.75, 3.05) is 6.61 Å². The van der Waals surface area contributed by atoms with Crippen LogP contribution in [0.3, 0.4) is 0 Å². The van der Waals surface area contributed by atoms with Crippen LogP contribution in [-0.2, 0) is 9.53 Å². The molecule has 0 unspecified atom stereocenters. The summed E-state index contributed by atoms with van der Waals surface area (Å²) in [5, 5.41) is 0. The Kier molecular flexibility index (Phi) is 16.8. The largest absolute Gasteiger partial charge is 0.494 e. The number of ether oxygens (including phenoxy) is 3. The number of benzene rings is 3. The molecule has 0 saturated heterocycles. The van der Waals surface area contributed by atoms with Crippen molar-refractivity contribution in [1.82, 2.24) is 0 Å². The summed E-state index contributed by atoms with van der Waals surface area (Å²) in [6.07, 6.45) is 9.05. The molecule has 0 aliphatic carbocycles. The molecule has 0 aromatic heterocycles. The first kappa shape index (κ1) is 38.4. The molecule has 0 saturated carbocycles. The summed E-state index contributed by atoms with van der Waals surface area (Å²) in [5.41, 5.74) is 2.87. The van der Waals surface area contributed by atoms with Gasteiger partial charge in [0, 0.05) is 6.08 Å². The number of hydrogen-bond acceptors (Lipinski definition) is 5. The lowest BCUT2D eigenvalue weighted by atomic mass is 10.0. The van der Waals surface area contributed by atoms with Crippen molar-refractivity contribution < 1.29 is 37.0 Å². The molecule has 0 bridgehead atoms. The average Bonchev–Trinajstić information content (AvgIpc) is 3.08. The highest BCUT2D eigenvalue weighted by Crippen LogP contribution is 2.27. The highest BCUT2D eigenvalue weighted by molar-refractivity contribution is 5.91. The predicted molar refractivity (Wildman–Crippen MR) is 185 cm³/mol. The van der Waals surface area contributed by atoms with E-state index in [-0.39, 0.29) is 12.2 Å². The summed E-state index contributed by atoms with van der Waals surface area (Å²) in [5.74, 6) is -0.478. The van der Waals surface area contributed by atoms with Gasteiger partial charge >= 0.3 is 18.1 Å². The number of alkyl halides is 3. The maximum Gasteiger partial charge on any atom is 0.425 e. The van der Waals surface area contributed by atoms with E-state index in [4.69, 9.17) is 9.47 Å². The molecule has 0 fully saturated rings. The standard InChI is InChI=1S/C40H49F3O5/c1-3-5-7-8-9-10-11-12-13-14-30-46-35-27-23-33(24-28-35)32-19-21-34(22-20-32)39(45)47-36-25-16-31(17-26-36)18-29-38(44)48-37(15-6-4-2)40(41,42)43/h16-29,37H,3-15,30H2,1-2H3/t37-/m0/s1. The van der Waals surface area contributed by atoms with Gasteiger partial charge in [0.15, 0.2) is 6.10 Å². The SMILES string of the molecule is CCCCCCCCCCCCOc1ccc(-c2ccc(C(=O)Oc3ccc(C=CC(=O)O[C@@H](CCCC)C(F)(F)F)cc3)cc2)cc1. The summed E-state index contributed by atoms with van der Waals surface area (Å²) < 4.78 is 55.3. The van der Waals surface area contributed by atoms with Gasteiger partial charge in [0.25, 0.3) is 0 Å². The van der Waals surface area contributed by atoms with Gasteiger partial charge in [-0.3, -0.25) is 0 Å². The molecule has 260 valence electrons. The Labute approximate surface area is 283 Å². The molecule has 0 spiro atoms. The zero-order chi connectivity index (χ0) is 34.6. The van der Waals surface area contributed by atoms with E-state index in [1.54, 1.807) is 31.2 Å². The van der Waals surface area contributed by atoms with E-state index >= 15 is 0 Å². The highest BCUT2D eigenvalue weighted by atomic mass is 19.4. The van der Waals surface area contributed by atoms with Crippen LogP contribution in [0.1, 0.15) is 113 Å². The summed E-state index contributed by atoms with van der Waals surface area (Å²) in [6.45, 7) is 4.73. The molecule has 3 aromatic carbocycles. The van der Waals surface area contributed by atoms with Gasteiger partial charge in [-0.1, -0.05) is 114 Å². The first-order valence-corrected chi connectivity index (χ1v) is 17.3. The summed E-state index contributed by atoms with van der Waals surface area (Å²) >= 11 is 0. The molecule has 48 heavy (non-hydrogen) atoms. The van der Waals surface area contributed by atoms with E-state index in [0.29, 0.717) is 30.6 Å². The van der Waals surface area contributed by atoms with Gasteiger partial charge in [-0.05, 0) is 78.4 Å². The molecule has 0 heterocycles. The molecule has 0 radical (unpaired) electrons. The van der Waals surface area contributed by atoms with E-state index in [9.17, 15) is 22.8 Å². The Morgan fingerprint density at radius 1 is 0.667 bits per heavy atom. The normalized spacial score (nSPS) is 12.2. The fourth-order valence-electron chi connectivity index (χ4n) is 5.16. The number of unbranched alkanes of at least 4 members (excludes halogenated alkanes) is 10. The predicted octanol–water partition coefficient (Wildman–Crippen LogP) is 11.5. The zero-order valence-corrected chi connectivity index (χ0v) is 28.2. The third-order valence-corrected chi connectivity index (χ3v) is 8.02. The molecular formula is C40H49F3O5. The molecule has 5 nitrogen and oxygen atoms in total. The molecule has 0 aliphatic rings. The van der Waals surface area contributed by atoms with Crippen LogP contribution < -0.4 is 9.47 Å². The van der Waals surface area contributed by atoms with Crippen LogP contribution in [0.15, 0.2) is 78.9 Å². The smallest absolute Gasteiger partial charge is 0.425 e. The number of carbonyl (C=O) groups is 2. The van der Waals surface area contributed by atoms with Crippen LogP contribution in [0.2, 0.25) is 0 Å². The van der Waals surface area contributed by atoms with Crippen molar-refractivity contribution in [2.45, 2.75) is 110 Å². The number of rotatable bonds is 21. The van der Waals surface area contributed by atoms with Gasteiger partial charge in [0.2, 0.25) is 0 Å². The summed E-state index contributed by atoms with van der Waals surface area (Å²) in [6, 6.07) is 21.3. The second-order valence-electron chi connectivity index (χ2n) is 12.0. The maximum atomic E-state index is 13.1. The quantitative estimate of drug-likeness (QED) is 0.0490. The van der Waals surface area contributed by atoms with Crippen molar-refractivity contribution >= 4 is 18.0 Å². The van der Waals surface area contributed by atoms with Crippen molar-refractivity contribution in [1.29, 1.82) is 0 Å². The van der Waals surface area contributed by atoms with Gasteiger partial charge < -0.3 is 14.2 Å². The molecule has 3 rings (SSSR count). The lowest BCUT2D eigenvalue weighted by Crippen LogP contribution is -2.33. The van der Waals surface area contributed by atoms with E-state index < -0.39 is 24.2 Å². The van der Waals surface area contributed by atoms with Gasteiger partial charge in [0.05, 0.1) is 12.2 Å². The number of carbonyl (C=O) groups excluding carboxylic acids is 2. The molecule has 3 aromatic rings. The van der Waals surface area contributed by atoms with Crippen LogP contribution in [0.25, 0.3) is 17.2 Å². The van der Waals surface area contributed by atoms with E-state index in [2.05, 4.69) is 11.7 Å². The fraction of sp³-hybridized carbons (Fsp3) is 0.450. The third-order valence-electron chi connectivity index (χ3n) is 8.02. The van der Waals surface area contributed by atoms with E-state index in [1.165, 1.54) is 76.0 Å². The Morgan fingerprint density at radius 3 is 1.75 bits per heavy atom. The van der Waals surface area contributed by atoms with Crippen LogP contribution >= 0.6 is 0 Å². The molecular weight excluding hydrogens is 617 g/mol. The molecule has 8 heteroatoms.